The molecule has 1 nitrogen and oxygen atoms in total. The number of rotatable bonds is 0. The standard InChI is InChI=1S/C18H20N/c1-11-6-13(3)17-15(8-11)10-16-9-12(2)7-14(4)18(16)19(17)5/h6-10H,1-5H3/q+1. The van der Waals surface area contributed by atoms with E-state index in [4.69, 9.17) is 0 Å². The molecule has 3 rings (SSSR count). The third kappa shape index (κ3) is 1.81. The lowest BCUT2D eigenvalue weighted by Crippen LogP contribution is -2.31. The highest BCUT2D eigenvalue weighted by molar-refractivity contribution is 5.91. The van der Waals surface area contributed by atoms with E-state index in [-0.39, 0.29) is 0 Å². The molecule has 19 heavy (non-hydrogen) atoms. The van der Waals surface area contributed by atoms with Gasteiger partial charge in [-0.2, -0.15) is 4.57 Å². The molecule has 0 unspecified atom stereocenters. The lowest BCUT2D eigenvalue weighted by Gasteiger charge is -2.08. The molecule has 2 aromatic carbocycles. The van der Waals surface area contributed by atoms with Gasteiger partial charge in [0.25, 0.3) is 0 Å². The molecular formula is C18H20N+. The first-order chi connectivity index (χ1) is 8.97. The van der Waals surface area contributed by atoms with E-state index in [0.29, 0.717) is 0 Å². The largest absolute Gasteiger partial charge is 0.215 e. The lowest BCUT2D eigenvalue weighted by atomic mass is 10.0. The summed E-state index contributed by atoms with van der Waals surface area (Å²) in [5.41, 5.74) is 8.02. The molecule has 0 N–H and O–H groups in total. The van der Waals surface area contributed by atoms with E-state index >= 15 is 0 Å². The van der Waals surface area contributed by atoms with Gasteiger partial charge in [0.15, 0.2) is 0 Å². The first-order valence-electron chi connectivity index (χ1n) is 6.78. The summed E-state index contributed by atoms with van der Waals surface area (Å²) in [5, 5.41) is 2.66. The van der Waals surface area contributed by atoms with E-state index in [1.807, 2.05) is 0 Å². The van der Waals surface area contributed by atoms with Crippen molar-refractivity contribution in [3.05, 3.63) is 52.6 Å². The van der Waals surface area contributed by atoms with Crippen molar-refractivity contribution in [1.29, 1.82) is 0 Å². The number of hydrogen-bond acceptors (Lipinski definition) is 0. The predicted octanol–water partition coefficient (Wildman–Crippen LogP) is 4.05. The number of fused-ring (bicyclic) bond motifs is 2. The van der Waals surface area contributed by atoms with Gasteiger partial charge in [0.05, 0.1) is 0 Å². The van der Waals surface area contributed by atoms with Gasteiger partial charge in [-0.15, -0.1) is 0 Å². The summed E-state index contributed by atoms with van der Waals surface area (Å²) >= 11 is 0. The molecule has 0 radical (unpaired) electrons. The molecule has 0 aliphatic carbocycles. The molecule has 3 aromatic rings. The highest BCUT2D eigenvalue weighted by Crippen LogP contribution is 2.24. The smallest absolute Gasteiger partial charge is 0.194 e. The van der Waals surface area contributed by atoms with Crippen LogP contribution in [-0.4, -0.2) is 0 Å². The van der Waals surface area contributed by atoms with Crippen LogP contribution in [0.4, 0.5) is 0 Å². The normalized spacial score (nSPS) is 11.4. The number of hydrogen-bond donors (Lipinski definition) is 0. The third-order valence-electron chi connectivity index (χ3n) is 3.93. The van der Waals surface area contributed by atoms with Crippen molar-refractivity contribution in [2.45, 2.75) is 27.7 Å². The van der Waals surface area contributed by atoms with Crippen LogP contribution in [0.15, 0.2) is 30.3 Å². The predicted molar refractivity (Wildman–Crippen MR) is 81.6 cm³/mol. The molecule has 1 aromatic heterocycles. The van der Waals surface area contributed by atoms with Gasteiger partial charge >= 0.3 is 0 Å². The fourth-order valence-electron chi connectivity index (χ4n) is 3.40. The molecule has 0 spiro atoms. The summed E-state index contributed by atoms with van der Waals surface area (Å²) in [5.74, 6) is 0. The van der Waals surface area contributed by atoms with Gasteiger partial charge in [-0.05, 0) is 69.2 Å². The van der Waals surface area contributed by atoms with Crippen LogP contribution in [0.25, 0.3) is 21.8 Å². The topological polar surface area (TPSA) is 3.88 Å². The highest BCUT2D eigenvalue weighted by Gasteiger charge is 2.16. The molecule has 0 atom stereocenters. The van der Waals surface area contributed by atoms with E-state index in [2.05, 4.69) is 69.6 Å². The van der Waals surface area contributed by atoms with Crippen LogP contribution in [0, 0.1) is 27.7 Å². The monoisotopic (exact) mass is 250 g/mol. The molecule has 0 fully saturated rings. The van der Waals surface area contributed by atoms with Crippen LogP contribution >= 0.6 is 0 Å². The fourth-order valence-corrected chi connectivity index (χ4v) is 3.40. The van der Waals surface area contributed by atoms with Gasteiger partial charge in [0, 0.05) is 21.9 Å². The van der Waals surface area contributed by atoms with Crippen LogP contribution in [0.2, 0.25) is 0 Å². The zero-order valence-corrected chi connectivity index (χ0v) is 12.3. The maximum atomic E-state index is 2.34. The van der Waals surface area contributed by atoms with E-state index in [1.54, 1.807) is 0 Å². The zero-order valence-electron chi connectivity index (χ0n) is 12.3. The number of nitrogens with zero attached hydrogens (tertiary/aromatic N) is 1. The molecule has 0 aliphatic rings. The summed E-state index contributed by atoms with van der Waals surface area (Å²) in [6.07, 6.45) is 0. The molecule has 1 heteroatoms. The summed E-state index contributed by atoms with van der Waals surface area (Å²) in [6.45, 7) is 8.73. The second-order valence-corrected chi connectivity index (χ2v) is 5.74. The number of aryl methyl sites for hydroxylation is 5. The first kappa shape index (κ1) is 12.2. The van der Waals surface area contributed by atoms with Crippen molar-refractivity contribution in [2.75, 3.05) is 0 Å². The summed E-state index contributed by atoms with van der Waals surface area (Å²) < 4.78 is 2.34. The Balaban J connectivity index is 2.60. The average molecular weight is 250 g/mol. The summed E-state index contributed by atoms with van der Waals surface area (Å²) in [7, 11) is 2.18. The SMILES string of the molecule is Cc1cc(C)c2c(c1)cc1cc(C)cc(C)c1[n+]2C. The molecule has 0 saturated carbocycles. The fraction of sp³-hybridized carbons (Fsp3) is 0.278. The Bertz CT molecular complexity index is 747. The van der Waals surface area contributed by atoms with Gasteiger partial charge < -0.3 is 0 Å². The number of aromatic nitrogens is 1. The third-order valence-corrected chi connectivity index (χ3v) is 3.93. The molecule has 0 saturated heterocycles. The van der Waals surface area contributed by atoms with Gasteiger partial charge in [0.2, 0.25) is 11.0 Å². The van der Waals surface area contributed by atoms with Crippen LogP contribution in [0.3, 0.4) is 0 Å². The number of benzene rings is 2. The van der Waals surface area contributed by atoms with Crippen LogP contribution < -0.4 is 4.57 Å². The van der Waals surface area contributed by atoms with Crippen molar-refractivity contribution >= 4 is 21.8 Å². The van der Waals surface area contributed by atoms with Gasteiger partial charge in [-0.1, -0.05) is 0 Å². The van der Waals surface area contributed by atoms with E-state index in [0.717, 1.165) is 0 Å². The Morgan fingerprint density at radius 2 is 1.05 bits per heavy atom. The lowest BCUT2D eigenvalue weighted by molar-refractivity contribution is -0.618. The second-order valence-electron chi connectivity index (χ2n) is 5.74. The maximum Gasteiger partial charge on any atom is 0.215 e. The Morgan fingerprint density at radius 3 is 1.47 bits per heavy atom. The second kappa shape index (κ2) is 4.06. The maximum absolute atomic E-state index is 2.34. The first-order valence-corrected chi connectivity index (χ1v) is 6.78. The summed E-state index contributed by atoms with van der Waals surface area (Å²) in [4.78, 5) is 0. The minimum Gasteiger partial charge on any atom is -0.194 e. The van der Waals surface area contributed by atoms with Crippen molar-refractivity contribution in [1.82, 2.24) is 0 Å². The van der Waals surface area contributed by atoms with Gasteiger partial charge in [0.1, 0.15) is 7.05 Å². The van der Waals surface area contributed by atoms with E-state index in [9.17, 15) is 0 Å². The van der Waals surface area contributed by atoms with E-state index in [1.165, 1.54) is 44.1 Å². The molecule has 0 bridgehead atoms. The quantitative estimate of drug-likeness (QED) is 0.418. The van der Waals surface area contributed by atoms with Crippen molar-refractivity contribution in [3.8, 4) is 0 Å². The zero-order chi connectivity index (χ0) is 13.7. The van der Waals surface area contributed by atoms with Gasteiger partial charge in [-0.25, -0.2) is 0 Å². The van der Waals surface area contributed by atoms with Crippen LogP contribution in [0.5, 0.6) is 0 Å². The van der Waals surface area contributed by atoms with Gasteiger partial charge in [-0.3, -0.25) is 0 Å². The van der Waals surface area contributed by atoms with E-state index < -0.39 is 0 Å². The van der Waals surface area contributed by atoms with Crippen molar-refractivity contribution < 1.29 is 4.57 Å². The molecule has 0 aliphatic heterocycles. The minimum atomic E-state index is 1.33. The Hall–Kier alpha value is -1.89. The van der Waals surface area contributed by atoms with Crippen molar-refractivity contribution in [2.24, 2.45) is 7.05 Å². The Labute approximate surface area is 114 Å². The molecule has 0 amide bonds. The minimum absolute atomic E-state index is 1.33. The molecule has 1 heterocycles. The number of pyridine rings is 1. The Morgan fingerprint density at radius 1 is 0.632 bits per heavy atom. The van der Waals surface area contributed by atoms with Crippen molar-refractivity contribution in [3.63, 3.8) is 0 Å². The highest BCUT2D eigenvalue weighted by atomic mass is 14.9. The molecular weight excluding hydrogens is 230 g/mol. The van der Waals surface area contributed by atoms with Crippen LogP contribution in [-0.2, 0) is 7.05 Å². The summed E-state index contributed by atoms with van der Waals surface area (Å²) in [6, 6.07) is 11.4. The van der Waals surface area contributed by atoms with Crippen LogP contribution in [0.1, 0.15) is 22.3 Å². The average Bonchev–Trinajstić information content (AvgIpc) is 2.25. The Kier molecular flexibility index (Phi) is 2.60. The molecule has 96 valence electrons.